The maximum Gasteiger partial charge on any atom is 1.00 e. The molecule has 1 fully saturated rings. The van der Waals surface area contributed by atoms with Gasteiger partial charge in [0.2, 0.25) is 0 Å². The van der Waals surface area contributed by atoms with Crippen LogP contribution in [0, 0.1) is 0 Å². The minimum atomic E-state index is -1.07. The standard InChI is InChI=1S/C26H50O5.Na/c1-3-4-5-6-7-8-9-10-11-12-13-14-15-16-17-18-21-29-22-24-23-30-26(2,31-24)20-19-25(27)28;/h24H,3-23H2,1-2H3,(H,27,28);/q;+1/p-1. The number of rotatable bonds is 22. The van der Waals surface area contributed by atoms with Crippen molar-refractivity contribution in [3.63, 3.8) is 0 Å². The Bertz CT molecular complexity index is 434. The van der Waals surface area contributed by atoms with Crippen molar-refractivity contribution in [1.29, 1.82) is 0 Å². The Morgan fingerprint density at radius 2 is 1.34 bits per heavy atom. The summed E-state index contributed by atoms with van der Waals surface area (Å²) in [5, 5.41) is 10.6. The van der Waals surface area contributed by atoms with E-state index in [0.717, 1.165) is 13.0 Å². The van der Waals surface area contributed by atoms with Crippen LogP contribution >= 0.6 is 0 Å². The molecule has 0 aromatic carbocycles. The van der Waals surface area contributed by atoms with Gasteiger partial charge in [-0.15, -0.1) is 0 Å². The van der Waals surface area contributed by atoms with Gasteiger partial charge in [0.15, 0.2) is 5.79 Å². The molecule has 1 aliphatic rings. The third-order valence-electron chi connectivity index (χ3n) is 6.22. The van der Waals surface area contributed by atoms with E-state index in [1.165, 1.54) is 96.3 Å². The number of carbonyl (C=O) groups is 1. The third-order valence-corrected chi connectivity index (χ3v) is 6.22. The van der Waals surface area contributed by atoms with Gasteiger partial charge >= 0.3 is 29.6 Å². The molecule has 0 spiro atoms. The summed E-state index contributed by atoms with van der Waals surface area (Å²) < 4.78 is 17.1. The normalized spacial score (nSPS) is 20.4. The first kappa shape index (κ1) is 32.4. The van der Waals surface area contributed by atoms with Crippen LogP contribution < -0.4 is 34.7 Å². The Hall–Kier alpha value is 0.350. The minimum Gasteiger partial charge on any atom is -0.550 e. The number of carbonyl (C=O) groups excluding carboxylic acids is 1. The van der Waals surface area contributed by atoms with E-state index >= 15 is 0 Å². The molecule has 6 heteroatoms. The predicted octanol–water partition coefficient (Wildman–Crippen LogP) is 2.93. The van der Waals surface area contributed by atoms with E-state index in [-0.39, 0.29) is 42.1 Å². The first-order valence-corrected chi connectivity index (χ1v) is 13.1. The molecule has 2 unspecified atom stereocenters. The van der Waals surface area contributed by atoms with Gasteiger partial charge in [0.05, 0.1) is 13.2 Å². The van der Waals surface area contributed by atoms with Gasteiger partial charge in [-0.25, -0.2) is 0 Å². The van der Waals surface area contributed by atoms with Gasteiger partial charge in [0.25, 0.3) is 0 Å². The van der Waals surface area contributed by atoms with Crippen LogP contribution in [0.15, 0.2) is 0 Å². The van der Waals surface area contributed by atoms with Crippen LogP contribution in [-0.4, -0.2) is 37.7 Å². The monoisotopic (exact) mass is 464 g/mol. The van der Waals surface area contributed by atoms with E-state index in [9.17, 15) is 9.90 Å². The Morgan fingerprint density at radius 3 is 1.81 bits per heavy atom. The molecule has 0 saturated carbocycles. The quantitative estimate of drug-likeness (QED) is 0.182. The second kappa shape index (κ2) is 21.9. The van der Waals surface area contributed by atoms with Gasteiger partial charge < -0.3 is 24.1 Å². The van der Waals surface area contributed by atoms with Gasteiger partial charge in [0.1, 0.15) is 6.10 Å². The predicted molar refractivity (Wildman–Crippen MR) is 124 cm³/mol. The zero-order valence-corrected chi connectivity index (χ0v) is 23.5. The van der Waals surface area contributed by atoms with Crippen molar-refractivity contribution in [2.75, 3.05) is 19.8 Å². The summed E-state index contributed by atoms with van der Waals surface area (Å²) in [6, 6.07) is 0. The molecule has 1 aliphatic heterocycles. The number of carboxylic acid groups (broad SMARTS) is 1. The van der Waals surface area contributed by atoms with Crippen molar-refractivity contribution in [3.05, 3.63) is 0 Å². The number of ether oxygens (including phenoxy) is 3. The molecule has 0 aromatic heterocycles. The fraction of sp³-hybridized carbons (Fsp3) is 0.962. The number of carboxylic acids is 1. The molecule has 0 aromatic rings. The summed E-state index contributed by atoms with van der Waals surface area (Å²) >= 11 is 0. The zero-order chi connectivity index (χ0) is 22.6. The molecule has 0 radical (unpaired) electrons. The first-order chi connectivity index (χ1) is 15.1. The maximum atomic E-state index is 10.6. The smallest absolute Gasteiger partial charge is 0.550 e. The Labute approximate surface area is 220 Å². The first-order valence-electron chi connectivity index (χ1n) is 13.1. The summed E-state index contributed by atoms with van der Waals surface area (Å²) in [5.41, 5.74) is 0. The number of hydrogen-bond acceptors (Lipinski definition) is 5. The summed E-state index contributed by atoms with van der Waals surface area (Å²) in [6.07, 6.45) is 22.1. The average molecular weight is 465 g/mol. The second-order valence-electron chi connectivity index (χ2n) is 9.43. The molecule has 0 amide bonds. The van der Waals surface area contributed by atoms with Crippen LogP contribution in [0.4, 0.5) is 0 Å². The van der Waals surface area contributed by atoms with E-state index in [1.54, 1.807) is 6.92 Å². The van der Waals surface area contributed by atoms with Crippen molar-refractivity contribution < 1.29 is 53.7 Å². The molecule has 32 heavy (non-hydrogen) atoms. The van der Waals surface area contributed by atoms with Crippen molar-refractivity contribution in [3.8, 4) is 0 Å². The van der Waals surface area contributed by atoms with Crippen LogP contribution in [0.5, 0.6) is 0 Å². The molecule has 1 rings (SSSR count). The van der Waals surface area contributed by atoms with Crippen molar-refractivity contribution in [2.24, 2.45) is 0 Å². The number of aliphatic carboxylic acids is 1. The third kappa shape index (κ3) is 18.7. The van der Waals surface area contributed by atoms with Gasteiger partial charge in [-0.2, -0.15) is 0 Å². The van der Waals surface area contributed by atoms with Crippen LogP contribution in [0.2, 0.25) is 0 Å². The summed E-state index contributed by atoms with van der Waals surface area (Å²) in [4.78, 5) is 10.6. The molecule has 0 bridgehead atoms. The van der Waals surface area contributed by atoms with E-state index in [0.29, 0.717) is 19.6 Å². The largest absolute Gasteiger partial charge is 1.00 e. The van der Waals surface area contributed by atoms with Crippen LogP contribution in [-0.2, 0) is 19.0 Å². The summed E-state index contributed by atoms with van der Waals surface area (Å²) in [6.45, 7) is 5.79. The molecule has 5 nitrogen and oxygen atoms in total. The number of unbranched alkanes of at least 4 members (excludes halogenated alkanes) is 15. The SMILES string of the molecule is CCCCCCCCCCCCCCCCCCOCC1COC(C)(CCC(=O)[O-])O1.[Na+]. The van der Waals surface area contributed by atoms with E-state index in [2.05, 4.69) is 6.92 Å². The molecule has 2 atom stereocenters. The second-order valence-corrected chi connectivity index (χ2v) is 9.43. The van der Waals surface area contributed by atoms with Gasteiger partial charge in [-0.3, -0.25) is 0 Å². The molecule has 1 heterocycles. The Kier molecular flexibility index (Phi) is 22.1. The van der Waals surface area contributed by atoms with E-state index < -0.39 is 11.8 Å². The molecule has 0 N–H and O–H groups in total. The molecule has 1 saturated heterocycles. The topological polar surface area (TPSA) is 67.8 Å². The van der Waals surface area contributed by atoms with E-state index in [4.69, 9.17) is 14.2 Å². The summed E-state index contributed by atoms with van der Waals surface area (Å²) in [7, 11) is 0. The zero-order valence-electron chi connectivity index (χ0n) is 21.5. The fourth-order valence-electron chi connectivity index (χ4n) is 4.20. The minimum absolute atomic E-state index is 0. The number of hydrogen-bond donors (Lipinski definition) is 0. The van der Waals surface area contributed by atoms with Gasteiger partial charge in [-0.05, 0) is 19.8 Å². The molecular weight excluding hydrogens is 415 g/mol. The molecular formula is C26H49NaO5. The molecule has 184 valence electrons. The van der Waals surface area contributed by atoms with Crippen molar-refractivity contribution in [1.82, 2.24) is 0 Å². The average Bonchev–Trinajstić information content (AvgIpc) is 3.13. The summed E-state index contributed by atoms with van der Waals surface area (Å²) in [5.74, 6) is -1.89. The van der Waals surface area contributed by atoms with Crippen molar-refractivity contribution >= 4 is 5.97 Å². The van der Waals surface area contributed by atoms with Crippen LogP contribution in [0.1, 0.15) is 129 Å². The van der Waals surface area contributed by atoms with Crippen molar-refractivity contribution in [2.45, 2.75) is 141 Å². The fourth-order valence-corrected chi connectivity index (χ4v) is 4.20. The van der Waals surface area contributed by atoms with Crippen LogP contribution in [0.25, 0.3) is 0 Å². The van der Waals surface area contributed by atoms with Gasteiger partial charge in [-0.1, -0.05) is 103 Å². The molecule has 0 aliphatic carbocycles. The van der Waals surface area contributed by atoms with Gasteiger partial charge in [0, 0.05) is 19.0 Å². The van der Waals surface area contributed by atoms with E-state index in [1.807, 2.05) is 0 Å². The maximum absolute atomic E-state index is 10.6. The Morgan fingerprint density at radius 1 is 0.875 bits per heavy atom. The Balaban J connectivity index is 0.00000961. The van der Waals surface area contributed by atoms with Crippen LogP contribution in [0.3, 0.4) is 0 Å².